The SMILES string of the molecule is CCCCNc1nc(N)c2c(n1)N(Cc1ccc(CN3CCCC3)cc1)CC(=O)C2.CCCCOc1nc(N)c2c(n1)N(Cc1cc(Cl)cc(CN3CCCC3)c1)CC(=O)C2.CCCCOc1nc(N)c2c(n1)N(Cc1cccc(CN3CCC3)c1)CC(=O)C2.CCCCOc1nc(N)c2c(n1)N(Cc1cccc(CN3CCCC3)c1)C(C)(C)C(=O)C2.CCOc1nc(N)c2c(n1)N(Cc1cccc(CN3CCCC3)c1)CC(=O)C2. The van der Waals surface area contributed by atoms with Gasteiger partial charge in [-0.05, 0) is 237 Å². The molecule has 5 saturated heterocycles. The van der Waals surface area contributed by atoms with Crippen molar-refractivity contribution in [2.45, 2.75) is 261 Å². The molecule has 0 unspecified atom stereocenters. The number of hydrogen-bond acceptors (Lipinski definition) is 35. The van der Waals surface area contributed by atoms with Gasteiger partial charge >= 0.3 is 24.0 Å². The van der Waals surface area contributed by atoms with Gasteiger partial charge in [0.05, 0.1) is 58.1 Å². The van der Waals surface area contributed by atoms with Crippen molar-refractivity contribution < 1.29 is 42.9 Å². The number of likely N-dealkylation sites (tertiary alicyclic amines) is 5. The van der Waals surface area contributed by atoms with Gasteiger partial charge in [-0.25, -0.2) is 0 Å². The fourth-order valence-electron chi connectivity index (χ4n) is 20.8. The first-order valence-electron chi connectivity index (χ1n) is 54.4. The lowest BCUT2D eigenvalue weighted by atomic mass is 9.86. The molecule has 5 aromatic carbocycles. The minimum absolute atomic E-state index is 0.0989. The summed E-state index contributed by atoms with van der Waals surface area (Å²) in [6.07, 6.45) is 20.9. The molecule has 10 aromatic rings. The Bertz CT molecular complexity index is 6270. The number of nitrogen functional groups attached to an aromatic ring is 5. The van der Waals surface area contributed by atoms with E-state index in [0.29, 0.717) is 171 Å². The number of anilines is 11. The number of carbonyl (C=O) groups is 5. The van der Waals surface area contributed by atoms with Crippen LogP contribution in [0.3, 0.4) is 0 Å². The van der Waals surface area contributed by atoms with Crippen LogP contribution in [0.2, 0.25) is 5.02 Å². The number of nitrogens with one attached hydrogen (secondary N) is 1. The number of aromatic nitrogens is 10. The summed E-state index contributed by atoms with van der Waals surface area (Å²) in [5.41, 5.74) is 45.8. The van der Waals surface area contributed by atoms with E-state index in [1.165, 1.54) is 144 Å². The number of carbonyl (C=O) groups excluding carboxylic acids is 5. The van der Waals surface area contributed by atoms with Crippen molar-refractivity contribution in [1.82, 2.24) is 74.3 Å². The van der Waals surface area contributed by atoms with Crippen LogP contribution in [-0.2, 0) is 122 Å². The van der Waals surface area contributed by atoms with Crippen LogP contribution >= 0.6 is 11.6 Å². The topological polar surface area (TPSA) is 426 Å². The lowest BCUT2D eigenvalue weighted by Gasteiger charge is -2.43. The molecule has 0 aliphatic carbocycles. The van der Waals surface area contributed by atoms with Crippen LogP contribution in [0.1, 0.15) is 241 Å². The molecule has 0 bridgehead atoms. The van der Waals surface area contributed by atoms with Crippen LogP contribution in [0.5, 0.6) is 24.0 Å². The van der Waals surface area contributed by atoms with Crippen molar-refractivity contribution in [1.29, 1.82) is 0 Å². The molecule has 800 valence electrons. The van der Waals surface area contributed by atoms with Crippen molar-refractivity contribution in [3.63, 3.8) is 0 Å². The molecule has 0 saturated carbocycles. The van der Waals surface area contributed by atoms with Gasteiger partial charge < -0.3 is 77.4 Å². The highest BCUT2D eigenvalue weighted by Gasteiger charge is 2.43. The summed E-state index contributed by atoms with van der Waals surface area (Å²) >= 11 is 6.43. The Labute approximate surface area is 888 Å². The van der Waals surface area contributed by atoms with E-state index in [9.17, 15) is 24.0 Å². The second kappa shape index (κ2) is 53.1. The van der Waals surface area contributed by atoms with Crippen molar-refractivity contribution in [2.75, 3.05) is 183 Å². The maximum absolute atomic E-state index is 13.0. The van der Waals surface area contributed by atoms with Gasteiger partial charge in [-0.1, -0.05) is 168 Å². The highest BCUT2D eigenvalue weighted by atomic mass is 35.5. The fraction of sp³-hybridized carbons (Fsp3) is 0.518. The smallest absolute Gasteiger partial charge is 0.320 e. The molecular formula is C114H153ClN26O9. The number of fused-ring (bicyclic) bond motifs is 5. The van der Waals surface area contributed by atoms with Crippen LogP contribution < -0.4 is 77.4 Å². The van der Waals surface area contributed by atoms with E-state index in [2.05, 4.69) is 205 Å². The number of rotatable bonds is 38. The number of ketones is 5. The monoisotopic (exact) mass is 2070 g/mol. The summed E-state index contributed by atoms with van der Waals surface area (Å²) in [6.45, 7) is 38.0. The molecule has 11 N–H and O–H groups in total. The first-order valence-corrected chi connectivity index (χ1v) is 54.8. The maximum atomic E-state index is 13.0. The average molecular weight is 2070 g/mol. The minimum atomic E-state index is -0.695. The van der Waals surface area contributed by atoms with E-state index < -0.39 is 5.54 Å². The molecule has 0 spiro atoms. The molecule has 10 aliphatic heterocycles. The summed E-state index contributed by atoms with van der Waals surface area (Å²) < 4.78 is 22.6. The lowest BCUT2D eigenvalue weighted by molar-refractivity contribution is -0.123. The quantitative estimate of drug-likeness (QED) is 0.0196. The predicted octanol–water partition coefficient (Wildman–Crippen LogP) is 15.1. The van der Waals surface area contributed by atoms with Crippen LogP contribution in [0.25, 0.3) is 0 Å². The zero-order valence-electron chi connectivity index (χ0n) is 88.9. The zero-order valence-corrected chi connectivity index (χ0v) is 89.7. The van der Waals surface area contributed by atoms with Gasteiger partial charge in [0.15, 0.2) is 28.9 Å². The van der Waals surface area contributed by atoms with E-state index in [4.69, 9.17) is 69.2 Å². The Morgan fingerprint density at radius 1 is 0.313 bits per heavy atom. The van der Waals surface area contributed by atoms with Crippen molar-refractivity contribution in [3.8, 4) is 24.0 Å². The summed E-state index contributed by atoms with van der Waals surface area (Å²) in [4.78, 5) is 129. The summed E-state index contributed by atoms with van der Waals surface area (Å²) in [5, 5.41) is 3.96. The van der Waals surface area contributed by atoms with E-state index in [0.717, 1.165) is 143 Å². The van der Waals surface area contributed by atoms with Gasteiger partial charge in [-0.2, -0.15) is 49.8 Å². The second-order valence-electron chi connectivity index (χ2n) is 41.7. The Hall–Kier alpha value is -13.1. The molecule has 0 amide bonds. The number of halogens is 1. The Morgan fingerprint density at radius 3 is 0.960 bits per heavy atom. The zero-order chi connectivity index (χ0) is 105. The third-order valence-corrected chi connectivity index (χ3v) is 29.2. The van der Waals surface area contributed by atoms with E-state index in [1.807, 2.05) is 52.5 Å². The van der Waals surface area contributed by atoms with Crippen LogP contribution in [0.15, 0.2) is 115 Å². The molecule has 5 fully saturated rings. The number of benzene rings is 5. The van der Waals surface area contributed by atoms with E-state index in [-0.39, 0.29) is 79.2 Å². The molecule has 15 heterocycles. The van der Waals surface area contributed by atoms with Crippen LogP contribution in [-0.4, -0.2) is 233 Å². The summed E-state index contributed by atoms with van der Waals surface area (Å²) in [6, 6.07) is 41.8. The molecule has 5 aromatic heterocycles. The number of Topliss-reactive ketones (excluding diaryl/α,β-unsaturated/α-hetero) is 5. The molecule has 150 heavy (non-hydrogen) atoms. The largest absolute Gasteiger partial charge is 0.464 e. The number of hydrogen-bond donors (Lipinski definition) is 6. The second-order valence-corrected chi connectivity index (χ2v) is 42.1. The third-order valence-electron chi connectivity index (χ3n) is 29.0. The normalized spacial score (nSPS) is 17.0. The summed E-state index contributed by atoms with van der Waals surface area (Å²) in [5.74, 6) is 6.47. The minimum Gasteiger partial charge on any atom is -0.464 e. The molecule has 0 radical (unpaired) electrons. The molecule has 10 aliphatic rings. The van der Waals surface area contributed by atoms with Crippen LogP contribution in [0.4, 0.5) is 64.1 Å². The Morgan fingerprint density at radius 2 is 0.600 bits per heavy atom. The highest BCUT2D eigenvalue weighted by molar-refractivity contribution is 6.30. The number of nitrogens with two attached hydrogens (primary N) is 5. The lowest BCUT2D eigenvalue weighted by Crippen LogP contribution is -2.54. The van der Waals surface area contributed by atoms with Crippen molar-refractivity contribution >= 4 is 105 Å². The van der Waals surface area contributed by atoms with Crippen molar-refractivity contribution in [3.05, 3.63) is 204 Å². The number of ether oxygens (including phenoxy) is 4. The first-order chi connectivity index (χ1) is 72.7. The molecule has 35 nitrogen and oxygen atoms in total. The summed E-state index contributed by atoms with van der Waals surface area (Å²) in [7, 11) is 0. The van der Waals surface area contributed by atoms with Gasteiger partial charge in [-0.15, -0.1) is 0 Å². The number of nitrogens with zero attached hydrogens (tertiary/aromatic N) is 20. The first kappa shape index (κ1) is 110. The van der Waals surface area contributed by atoms with Gasteiger partial charge in [-0.3, -0.25) is 48.5 Å². The highest BCUT2D eigenvalue weighted by Crippen LogP contribution is 2.41. The maximum Gasteiger partial charge on any atom is 0.320 e. The van der Waals surface area contributed by atoms with E-state index >= 15 is 0 Å². The van der Waals surface area contributed by atoms with Gasteiger partial charge in [0.2, 0.25) is 5.95 Å². The van der Waals surface area contributed by atoms with Crippen molar-refractivity contribution in [2.24, 2.45) is 0 Å². The average Bonchev–Trinajstić information content (AvgIpc) is 0.789. The standard InChI is InChI=1S/C25H35N5O2.C23H30ClN5O2.C23H32N6O.C22H29N5O2.C21H27N5O2/c1-4-5-13-32-24-27-22(26)20-15-21(31)25(2,3)30(23(20)28-24)17-19-10-8-9-18(14-19)16-29-11-6-7-12-29;1-2-3-8-31-23-26-21(25)20-12-19(30)15-29(22(20)27-23)14-17-9-16(10-18(24)11-17)13-28-6-4-5-7-28;1-2-3-10-25-23-26-21(24)20-13-19(30)16-29(22(20)27-23)15-18-8-6-17(7-9-18)14-28-11-4-5-12-28;1-2-3-10-29-22-24-20(23)19-12-18(28)15-27(21(19)25-22)14-17-7-4-6-16(11-17)13-26-8-5-9-26;1-2-28-21-23-19(22)18-11-17(27)14-26(20(18)24-21)13-16-7-5-6-15(10-16)12-25-8-3-4-9-25/h8-10,14H,4-7,11-13,15-17H2,1-3H3,(H2,26,27,28);9-11H,2-8,12-15H2,1H3,(H2,25,26,27);6-9H,2-5,10-16H2,1H3,(H3,24,25,26,27);4,6-7,11H,2-3,5,8-10,12-15H2,1H3,(H2,23,24,25);5-7,10H,2-4,8-9,11-14H2,1H3,(H2,22,23,24). The molecule has 20 rings (SSSR count). The van der Waals surface area contributed by atoms with Gasteiger partial charge in [0.1, 0.15) is 58.2 Å². The Balaban J connectivity index is 0.000000134. The predicted molar refractivity (Wildman–Crippen MR) is 591 cm³/mol. The molecular weight excluding hydrogens is 1910 g/mol. The van der Waals surface area contributed by atoms with Crippen LogP contribution in [0, 0.1) is 0 Å². The van der Waals surface area contributed by atoms with E-state index in [1.54, 1.807) is 0 Å². The Kier molecular flexibility index (Phi) is 38.8. The third kappa shape index (κ3) is 30.0. The van der Waals surface area contributed by atoms with Gasteiger partial charge in [0.25, 0.3) is 0 Å². The fourth-order valence-corrected chi connectivity index (χ4v) is 21.1. The molecule has 36 heteroatoms. The van der Waals surface area contributed by atoms with Gasteiger partial charge in [0, 0.05) is 137 Å². The molecule has 0 atom stereocenters. The number of unbranched alkanes of at least 4 members (excludes halogenated alkanes) is 4.